The molecule has 1 aromatic carbocycles. The highest BCUT2D eigenvalue weighted by Gasteiger charge is 2.05. The number of aliphatic hydroxyl groups is 1. The molecule has 0 heterocycles. The Balaban J connectivity index is 2.40. The first-order valence-electron chi connectivity index (χ1n) is 6.65. The molecule has 1 amide bonds. The molecule has 0 radical (unpaired) electrons. The highest BCUT2D eigenvalue weighted by Crippen LogP contribution is 2.20. The summed E-state index contributed by atoms with van der Waals surface area (Å²) >= 11 is 0. The highest BCUT2D eigenvalue weighted by atomic mass is 16.2. The van der Waals surface area contributed by atoms with Crippen molar-refractivity contribution >= 4 is 17.3 Å². The van der Waals surface area contributed by atoms with Gasteiger partial charge in [-0.25, -0.2) is 0 Å². The van der Waals surface area contributed by atoms with Gasteiger partial charge in [0.05, 0.1) is 11.4 Å². The zero-order valence-electron chi connectivity index (χ0n) is 11.4. The largest absolute Gasteiger partial charge is 0.397 e. The van der Waals surface area contributed by atoms with Crippen molar-refractivity contribution in [3.8, 4) is 0 Å². The lowest BCUT2D eigenvalue weighted by Gasteiger charge is -2.10. The van der Waals surface area contributed by atoms with Crippen LogP contribution in [0.5, 0.6) is 0 Å². The lowest BCUT2D eigenvalue weighted by Crippen LogP contribution is -2.18. The third kappa shape index (κ3) is 5.18. The van der Waals surface area contributed by atoms with Crippen LogP contribution in [-0.2, 0) is 0 Å². The molecular formula is C14H23N3O2. The molecule has 0 unspecified atom stereocenters. The van der Waals surface area contributed by atoms with Crippen LogP contribution in [0.3, 0.4) is 0 Å². The molecule has 106 valence electrons. The van der Waals surface area contributed by atoms with Gasteiger partial charge >= 0.3 is 0 Å². The fraction of sp³-hybridized carbons (Fsp3) is 0.500. The maximum atomic E-state index is 11.4. The predicted octanol–water partition coefficient (Wildman–Crippen LogP) is 1.59. The first kappa shape index (κ1) is 15.3. The molecule has 0 spiro atoms. The number of nitrogens with one attached hydrogen (secondary N) is 2. The average Bonchev–Trinajstić information content (AvgIpc) is 2.43. The number of hydrogen-bond donors (Lipinski definition) is 4. The summed E-state index contributed by atoms with van der Waals surface area (Å²) in [6, 6.07) is 5.25. The van der Waals surface area contributed by atoms with E-state index in [9.17, 15) is 4.79 Å². The van der Waals surface area contributed by atoms with Crippen molar-refractivity contribution in [3.63, 3.8) is 0 Å². The normalized spacial score (nSPS) is 10.2. The predicted molar refractivity (Wildman–Crippen MR) is 78.3 cm³/mol. The topological polar surface area (TPSA) is 87.4 Å². The quantitative estimate of drug-likeness (QED) is 0.424. The van der Waals surface area contributed by atoms with E-state index in [0.717, 1.165) is 37.9 Å². The van der Waals surface area contributed by atoms with Crippen LogP contribution in [0.2, 0.25) is 0 Å². The highest BCUT2D eigenvalue weighted by molar-refractivity contribution is 5.95. The van der Waals surface area contributed by atoms with Crippen LogP contribution < -0.4 is 16.4 Å². The van der Waals surface area contributed by atoms with E-state index < -0.39 is 0 Å². The van der Waals surface area contributed by atoms with Gasteiger partial charge in [-0.3, -0.25) is 4.79 Å². The van der Waals surface area contributed by atoms with Gasteiger partial charge in [-0.1, -0.05) is 12.8 Å². The molecule has 0 saturated heterocycles. The molecule has 5 heteroatoms. The molecule has 5 N–H and O–H groups in total. The van der Waals surface area contributed by atoms with Crippen LogP contribution in [0.1, 0.15) is 36.0 Å². The molecule has 5 nitrogen and oxygen atoms in total. The third-order valence-electron chi connectivity index (χ3n) is 2.94. The van der Waals surface area contributed by atoms with Gasteiger partial charge in [0.2, 0.25) is 0 Å². The number of amides is 1. The van der Waals surface area contributed by atoms with Crippen LogP contribution in [-0.4, -0.2) is 31.2 Å². The number of hydrogen-bond acceptors (Lipinski definition) is 4. The van der Waals surface area contributed by atoms with E-state index >= 15 is 0 Å². The number of nitrogen functional groups attached to an aromatic ring is 1. The Bertz CT molecular complexity index is 408. The minimum absolute atomic E-state index is 0.137. The zero-order valence-corrected chi connectivity index (χ0v) is 11.4. The Kier molecular flexibility index (Phi) is 6.74. The molecule has 0 aliphatic rings. The lowest BCUT2D eigenvalue weighted by molar-refractivity contribution is 0.0963. The number of carbonyl (C=O) groups excluding carboxylic acids is 1. The molecule has 0 fully saturated rings. The van der Waals surface area contributed by atoms with Gasteiger partial charge in [0.25, 0.3) is 5.91 Å². The summed E-state index contributed by atoms with van der Waals surface area (Å²) in [6.45, 7) is 1.11. The van der Waals surface area contributed by atoms with Crippen LogP contribution >= 0.6 is 0 Å². The maximum Gasteiger partial charge on any atom is 0.251 e. The summed E-state index contributed by atoms with van der Waals surface area (Å²) in [4.78, 5) is 11.4. The van der Waals surface area contributed by atoms with Crippen molar-refractivity contribution in [2.75, 3.05) is 31.2 Å². The summed E-state index contributed by atoms with van der Waals surface area (Å²) in [6.07, 6.45) is 4.03. The average molecular weight is 265 g/mol. The molecule has 0 aliphatic heterocycles. The van der Waals surface area contributed by atoms with E-state index in [0.29, 0.717) is 11.3 Å². The summed E-state index contributed by atoms with van der Waals surface area (Å²) < 4.78 is 0. The summed E-state index contributed by atoms with van der Waals surface area (Å²) in [5.74, 6) is -0.137. The Morgan fingerprint density at radius 2 is 2.00 bits per heavy atom. The monoisotopic (exact) mass is 265 g/mol. The summed E-state index contributed by atoms with van der Waals surface area (Å²) in [5.41, 5.74) is 7.90. The number of aliphatic hydroxyl groups excluding tert-OH is 1. The Labute approximate surface area is 114 Å². The number of unbranched alkanes of at least 4 members (excludes halogenated alkanes) is 3. The minimum Gasteiger partial charge on any atom is -0.397 e. The number of anilines is 2. The molecular weight excluding hydrogens is 242 g/mol. The summed E-state index contributed by atoms with van der Waals surface area (Å²) in [7, 11) is 1.59. The molecule has 19 heavy (non-hydrogen) atoms. The van der Waals surface area contributed by atoms with E-state index in [-0.39, 0.29) is 12.5 Å². The molecule has 0 aromatic heterocycles. The van der Waals surface area contributed by atoms with Crippen molar-refractivity contribution in [1.82, 2.24) is 5.32 Å². The smallest absolute Gasteiger partial charge is 0.251 e. The van der Waals surface area contributed by atoms with E-state index in [4.69, 9.17) is 10.8 Å². The standard InChI is InChI=1S/C14H23N3O2/c1-16-14(19)11-6-7-13(12(15)10-11)17-8-4-2-3-5-9-18/h6-7,10,17-18H,2-5,8-9,15H2,1H3,(H,16,19). The molecule has 1 rings (SSSR count). The van der Waals surface area contributed by atoms with Crippen molar-refractivity contribution in [2.24, 2.45) is 0 Å². The number of rotatable bonds is 8. The van der Waals surface area contributed by atoms with Crippen molar-refractivity contribution in [2.45, 2.75) is 25.7 Å². The zero-order chi connectivity index (χ0) is 14.1. The second kappa shape index (κ2) is 8.37. The van der Waals surface area contributed by atoms with Gasteiger partial charge in [-0.05, 0) is 31.0 Å². The van der Waals surface area contributed by atoms with Gasteiger partial charge in [-0.2, -0.15) is 0 Å². The Hall–Kier alpha value is -1.75. The van der Waals surface area contributed by atoms with Crippen molar-refractivity contribution in [3.05, 3.63) is 23.8 Å². The van der Waals surface area contributed by atoms with E-state index in [1.54, 1.807) is 19.2 Å². The first-order valence-corrected chi connectivity index (χ1v) is 6.65. The Morgan fingerprint density at radius 3 is 2.63 bits per heavy atom. The van der Waals surface area contributed by atoms with Crippen molar-refractivity contribution in [1.29, 1.82) is 0 Å². The minimum atomic E-state index is -0.137. The number of benzene rings is 1. The summed E-state index contributed by atoms with van der Waals surface area (Å²) in [5, 5.41) is 14.5. The fourth-order valence-corrected chi connectivity index (χ4v) is 1.82. The van der Waals surface area contributed by atoms with Crippen LogP contribution in [0, 0.1) is 0 Å². The van der Waals surface area contributed by atoms with Crippen LogP contribution in [0.25, 0.3) is 0 Å². The number of carbonyl (C=O) groups is 1. The number of nitrogens with two attached hydrogens (primary N) is 1. The first-order chi connectivity index (χ1) is 9.19. The van der Waals surface area contributed by atoms with Crippen LogP contribution in [0.15, 0.2) is 18.2 Å². The Morgan fingerprint density at radius 1 is 1.26 bits per heavy atom. The fourth-order valence-electron chi connectivity index (χ4n) is 1.82. The van der Waals surface area contributed by atoms with Gasteiger partial charge in [0, 0.05) is 25.8 Å². The van der Waals surface area contributed by atoms with E-state index in [2.05, 4.69) is 10.6 Å². The van der Waals surface area contributed by atoms with E-state index in [1.807, 2.05) is 6.07 Å². The second-order valence-corrected chi connectivity index (χ2v) is 4.45. The maximum absolute atomic E-state index is 11.4. The van der Waals surface area contributed by atoms with Gasteiger partial charge in [0.1, 0.15) is 0 Å². The molecule has 0 saturated carbocycles. The van der Waals surface area contributed by atoms with Gasteiger partial charge < -0.3 is 21.5 Å². The van der Waals surface area contributed by atoms with Gasteiger partial charge in [-0.15, -0.1) is 0 Å². The van der Waals surface area contributed by atoms with Crippen LogP contribution in [0.4, 0.5) is 11.4 Å². The molecule has 0 aliphatic carbocycles. The lowest BCUT2D eigenvalue weighted by atomic mass is 10.1. The molecule has 0 bridgehead atoms. The molecule has 1 aromatic rings. The second-order valence-electron chi connectivity index (χ2n) is 4.45. The third-order valence-corrected chi connectivity index (χ3v) is 2.94. The van der Waals surface area contributed by atoms with Crippen molar-refractivity contribution < 1.29 is 9.90 Å². The SMILES string of the molecule is CNC(=O)c1ccc(NCCCCCCO)c(N)c1. The van der Waals surface area contributed by atoms with Gasteiger partial charge in [0.15, 0.2) is 0 Å². The van der Waals surface area contributed by atoms with E-state index in [1.165, 1.54) is 0 Å². The molecule has 0 atom stereocenters.